The van der Waals surface area contributed by atoms with Crippen molar-refractivity contribution >= 4 is 29.1 Å². The van der Waals surface area contributed by atoms with Gasteiger partial charge in [-0.3, -0.25) is 9.59 Å². The third-order valence-corrected chi connectivity index (χ3v) is 3.06. The second-order valence-electron chi connectivity index (χ2n) is 3.53. The molecule has 0 aromatic heterocycles. The van der Waals surface area contributed by atoms with Crippen molar-refractivity contribution in [3.8, 4) is 0 Å². The van der Waals surface area contributed by atoms with Gasteiger partial charge in [0.1, 0.15) is 6.04 Å². The summed E-state index contributed by atoms with van der Waals surface area (Å²) in [6.45, 7) is 3.15. The number of piperazine rings is 1. The molecular weight excluding hydrogens is 228 g/mol. The number of ether oxygens (including phenoxy) is 1. The van der Waals surface area contributed by atoms with E-state index >= 15 is 0 Å². The Kier molecular flexibility index (Phi) is 4.67. The molecule has 1 rings (SSSR count). The van der Waals surface area contributed by atoms with Crippen LogP contribution in [0, 0.1) is 0 Å². The molecule has 0 bridgehead atoms. The number of methoxy groups -OCH3 is 1. The third-order valence-electron chi connectivity index (χ3n) is 2.54. The number of rotatable bonds is 3. The maximum Gasteiger partial charge on any atom is 0.308 e. The number of nitrogens with one attached hydrogen (secondary N) is 1. The van der Waals surface area contributed by atoms with Crippen LogP contribution in [0.1, 0.15) is 19.8 Å². The summed E-state index contributed by atoms with van der Waals surface area (Å²) in [5.41, 5.74) is 0. The van der Waals surface area contributed by atoms with Crippen LogP contribution in [0.25, 0.3) is 0 Å². The minimum atomic E-state index is -0.520. The predicted molar refractivity (Wildman–Crippen MR) is 63.0 cm³/mol. The van der Waals surface area contributed by atoms with E-state index in [2.05, 4.69) is 10.1 Å². The van der Waals surface area contributed by atoms with Crippen molar-refractivity contribution < 1.29 is 14.3 Å². The second kappa shape index (κ2) is 5.79. The maximum absolute atomic E-state index is 11.7. The van der Waals surface area contributed by atoms with E-state index in [1.165, 1.54) is 7.11 Å². The van der Waals surface area contributed by atoms with Crippen LogP contribution in [-0.2, 0) is 14.3 Å². The topological polar surface area (TPSA) is 58.6 Å². The number of hydrogen-bond acceptors (Lipinski definition) is 4. The molecule has 1 heterocycles. The second-order valence-corrected chi connectivity index (χ2v) is 4.00. The lowest BCUT2D eigenvalue weighted by Gasteiger charge is -2.36. The van der Waals surface area contributed by atoms with Gasteiger partial charge in [0.2, 0.25) is 5.91 Å². The molecule has 0 saturated carbocycles. The number of carbonyl (C=O) groups excluding carboxylic acids is 2. The highest BCUT2D eigenvalue weighted by Crippen LogP contribution is 2.12. The average molecular weight is 244 g/mol. The fourth-order valence-corrected chi connectivity index (χ4v) is 1.88. The van der Waals surface area contributed by atoms with Crippen molar-refractivity contribution in [1.29, 1.82) is 0 Å². The average Bonchev–Trinajstić information content (AvgIpc) is 2.30. The van der Waals surface area contributed by atoms with Crippen molar-refractivity contribution in [2.24, 2.45) is 0 Å². The molecule has 6 heteroatoms. The molecule has 1 aliphatic rings. The Morgan fingerprint density at radius 2 is 2.38 bits per heavy atom. The van der Waals surface area contributed by atoms with Gasteiger partial charge in [0, 0.05) is 13.1 Å². The molecule has 0 aliphatic carbocycles. The van der Waals surface area contributed by atoms with Gasteiger partial charge in [-0.25, -0.2) is 0 Å². The number of nitrogens with zero attached hydrogens (tertiary/aromatic N) is 1. The molecule has 1 amide bonds. The summed E-state index contributed by atoms with van der Waals surface area (Å²) in [5.74, 6) is -0.557. The Morgan fingerprint density at radius 3 is 2.94 bits per heavy atom. The van der Waals surface area contributed by atoms with Crippen LogP contribution in [0.4, 0.5) is 0 Å². The quantitative estimate of drug-likeness (QED) is 0.563. The molecule has 90 valence electrons. The minimum Gasteiger partial charge on any atom is -0.469 e. The van der Waals surface area contributed by atoms with E-state index in [0.29, 0.717) is 24.5 Å². The normalized spacial score (nSPS) is 20.2. The summed E-state index contributed by atoms with van der Waals surface area (Å²) in [4.78, 5) is 25.4. The first kappa shape index (κ1) is 12.9. The van der Waals surface area contributed by atoms with Gasteiger partial charge in [0.15, 0.2) is 0 Å². The molecule has 1 fully saturated rings. The highest BCUT2D eigenvalue weighted by Gasteiger charge is 2.32. The highest BCUT2D eigenvalue weighted by molar-refractivity contribution is 7.80. The van der Waals surface area contributed by atoms with Crippen molar-refractivity contribution in [1.82, 2.24) is 10.2 Å². The molecule has 0 aromatic carbocycles. The molecule has 1 aliphatic heterocycles. The van der Waals surface area contributed by atoms with Crippen LogP contribution in [0.5, 0.6) is 0 Å². The first-order valence-corrected chi connectivity index (χ1v) is 5.65. The van der Waals surface area contributed by atoms with Gasteiger partial charge < -0.3 is 15.0 Å². The summed E-state index contributed by atoms with van der Waals surface area (Å²) in [6.07, 6.45) is 0.739. The lowest BCUT2D eigenvalue weighted by atomic mass is 10.1. The van der Waals surface area contributed by atoms with Crippen LogP contribution in [0.3, 0.4) is 0 Å². The summed E-state index contributed by atoms with van der Waals surface area (Å²) in [7, 11) is 1.31. The first-order valence-electron chi connectivity index (χ1n) is 5.24. The Hall–Kier alpha value is -1.17. The lowest BCUT2D eigenvalue weighted by molar-refractivity contribution is -0.144. The zero-order valence-corrected chi connectivity index (χ0v) is 10.3. The van der Waals surface area contributed by atoms with Crippen molar-refractivity contribution in [3.05, 3.63) is 0 Å². The summed E-state index contributed by atoms with van der Waals surface area (Å²) in [6, 6.07) is -0.520. The van der Waals surface area contributed by atoms with E-state index in [1.807, 2.05) is 11.8 Å². The van der Waals surface area contributed by atoms with Gasteiger partial charge in [0.25, 0.3) is 0 Å². The minimum absolute atomic E-state index is 0.0441. The zero-order chi connectivity index (χ0) is 12.1. The molecule has 0 radical (unpaired) electrons. The van der Waals surface area contributed by atoms with Crippen LogP contribution < -0.4 is 5.32 Å². The van der Waals surface area contributed by atoms with Gasteiger partial charge in [-0.1, -0.05) is 19.1 Å². The lowest BCUT2D eigenvalue weighted by Crippen LogP contribution is -2.57. The molecule has 0 aromatic rings. The van der Waals surface area contributed by atoms with Crippen LogP contribution in [0.2, 0.25) is 0 Å². The van der Waals surface area contributed by atoms with Gasteiger partial charge >= 0.3 is 5.97 Å². The Balaban J connectivity index is 2.75. The smallest absolute Gasteiger partial charge is 0.308 e. The number of hydrogen-bond donors (Lipinski definition) is 1. The third kappa shape index (κ3) is 2.91. The van der Waals surface area contributed by atoms with E-state index in [-0.39, 0.29) is 12.3 Å². The van der Waals surface area contributed by atoms with Crippen LogP contribution in [0.15, 0.2) is 0 Å². The SMILES string of the molecule is CCC(=S)N1CCNC(=O)C1CC(=O)OC. The largest absolute Gasteiger partial charge is 0.469 e. The van der Waals surface area contributed by atoms with Crippen molar-refractivity contribution in [2.75, 3.05) is 20.2 Å². The Labute approximate surface area is 100 Å². The Morgan fingerprint density at radius 1 is 1.69 bits per heavy atom. The summed E-state index contributed by atoms with van der Waals surface area (Å²) < 4.78 is 4.57. The number of thiocarbonyl (C=S) groups is 1. The van der Waals surface area contributed by atoms with Crippen molar-refractivity contribution in [2.45, 2.75) is 25.8 Å². The van der Waals surface area contributed by atoms with E-state index in [1.54, 1.807) is 0 Å². The standard InChI is InChI=1S/C10H16N2O3S/c1-3-8(16)12-5-4-11-10(14)7(12)6-9(13)15-2/h7H,3-6H2,1-2H3,(H,11,14). The van der Waals surface area contributed by atoms with E-state index in [9.17, 15) is 9.59 Å². The van der Waals surface area contributed by atoms with Gasteiger partial charge in [-0.05, 0) is 6.42 Å². The summed E-state index contributed by atoms with van der Waals surface area (Å²) in [5, 5.41) is 2.72. The van der Waals surface area contributed by atoms with Crippen LogP contribution >= 0.6 is 12.2 Å². The van der Waals surface area contributed by atoms with E-state index in [4.69, 9.17) is 12.2 Å². The van der Waals surface area contributed by atoms with Gasteiger partial charge in [-0.2, -0.15) is 0 Å². The molecule has 1 atom stereocenters. The fraction of sp³-hybridized carbons (Fsp3) is 0.700. The molecule has 1 saturated heterocycles. The molecule has 16 heavy (non-hydrogen) atoms. The number of esters is 1. The highest BCUT2D eigenvalue weighted by atomic mass is 32.1. The Bertz CT molecular complexity index is 306. The molecular formula is C10H16N2O3S. The first-order chi connectivity index (χ1) is 7.60. The van der Waals surface area contributed by atoms with Gasteiger partial charge in [-0.15, -0.1) is 0 Å². The molecule has 0 spiro atoms. The van der Waals surface area contributed by atoms with E-state index in [0.717, 1.165) is 0 Å². The monoisotopic (exact) mass is 244 g/mol. The predicted octanol–water partition coefficient (Wildman–Crippen LogP) is 0.0873. The molecule has 1 N–H and O–H groups in total. The number of carbonyl (C=O) groups is 2. The molecule has 5 nitrogen and oxygen atoms in total. The summed E-state index contributed by atoms with van der Waals surface area (Å²) >= 11 is 5.19. The van der Waals surface area contributed by atoms with E-state index < -0.39 is 12.0 Å². The van der Waals surface area contributed by atoms with Crippen LogP contribution in [-0.4, -0.2) is 48.0 Å². The van der Waals surface area contributed by atoms with Crippen molar-refractivity contribution in [3.63, 3.8) is 0 Å². The number of amides is 1. The molecule has 1 unspecified atom stereocenters. The van der Waals surface area contributed by atoms with Gasteiger partial charge in [0.05, 0.1) is 18.5 Å². The fourth-order valence-electron chi connectivity index (χ4n) is 1.66. The zero-order valence-electron chi connectivity index (χ0n) is 9.49. The maximum atomic E-state index is 11.7.